The molecule has 1 aromatic heterocycles. The summed E-state index contributed by atoms with van der Waals surface area (Å²) in [7, 11) is 0. The largest absolute Gasteiger partial charge is 0.356 e. The van der Waals surface area contributed by atoms with Crippen molar-refractivity contribution in [1.29, 1.82) is 0 Å². The van der Waals surface area contributed by atoms with Gasteiger partial charge >= 0.3 is 0 Å². The average molecular weight is 617 g/mol. The predicted octanol–water partition coefficient (Wildman–Crippen LogP) is 4.26. The molecule has 9 nitrogen and oxygen atoms in total. The fraction of sp³-hybridized carbons (Fsp3) is 0.441. The number of ketones is 1. The smallest absolute Gasteiger partial charge is 0.289 e. The minimum Gasteiger partial charge on any atom is -0.356 e. The van der Waals surface area contributed by atoms with Gasteiger partial charge in [0.15, 0.2) is 0 Å². The van der Waals surface area contributed by atoms with Gasteiger partial charge in [0, 0.05) is 23.7 Å². The highest BCUT2D eigenvalue weighted by Crippen LogP contribution is 2.29. The molecule has 44 heavy (non-hydrogen) atoms. The molecule has 2 heterocycles. The van der Waals surface area contributed by atoms with Crippen molar-refractivity contribution in [1.82, 2.24) is 21.3 Å². The van der Waals surface area contributed by atoms with Crippen molar-refractivity contribution in [3.63, 3.8) is 0 Å². The lowest BCUT2D eigenvalue weighted by Crippen LogP contribution is -2.55. The van der Waals surface area contributed by atoms with E-state index >= 15 is 0 Å². The maximum Gasteiger partial charge on any atom is 0.289 e. The van der Waals surface area contributed by atoms with Crippen LogP contribution >= 0.6 is 11.3 Å². The molecule has 0 unspecified atom stereocenters. The van der Waals surface area contributed by atoms with Crippen molar-refractivity contribution >= 4 is 50.8 Å². The van der Waals surface area contributed by atoms with E-state index < -0.39 is 35.6 Å². The Morgan fingerprint density at radius 2 is 1.59 bits per heavy atom. The molecule has 3 atom stereocenters. The van der Waals surface area contributed by atoms with Gasteiger partial charge in [0.2, 0.25) is 17.6 Å². The Hall–Kier alpha value is -4.05. The van der Waals surface area contributed by atoms with Crippen molar-refractivity contribution < 1.29 is 24.0 Å². The Kier molecular flexibility index (Phi) is 10.8. The Morgan fingerprint density at radius 3 is 2.34 bits per heavy atom. The van der Waals surface area contributed by atoms with Crippen LogP contribution in [-0.4, -0.2) is 48.0 Å². The standard InChI is InChI=1S/C34H40N4O5S/c39-30(34(43)36-21-23-12-5-2-6-13-23)26(19-25-15-9-17-35-31(25)40)37-32(41)27(18-22-10-3-1-4-11-22)38-33(42)29-20-24-14-7-8-16-28(24)44-29/h2,5-8,12-14,16,20,22,25-27H,1,3-4,9-11,15,17-19,21H2,(H,35,40)(H,36,43)(H,37,41)(H,38,42)/t25-,26-,27-/m0/s1. The number of amides is 4. The van der Waals surface area contributed by atoms with Crippen molar-refractivity contribution in [2.45, 2.75) is 76.4 Å². The molecule has 3 aromatic rings. The molecule has 1 aliphatic carbocycles. The second kappa shape index (κ2) is 15.1. The zero-order chi connectivity index (χ0) is 30.9. The molecule has 10 heteroatoms. The third kappa shape index (κ3) is 8.31. The molecular weight excluding hydrogens is 576 g/mol. The van der Waals surface area contributed by atoms with Crippen LogP contribution < -0.4 is 21.3 Å². The first-order chi connectivity index (χ1) is 21.4. The third-order valence-corrected chi connectivity index (χ3v) is 9.75. The minimum atomic E-state index is -1.21. The number of carbonyl (C=O) groups is 5. The number of fused-ring (bicyclic) bond motifs is 1. The van der Waals surface area contributed by atoms with Gasteiger partial charge < -0.3 is 21.3 Å². The molecule has 0 spiro atoms. The molecule has 232 valence electrons. The molecular formula is C34H40N4O5S. The van der Waals surface area contributed by atoms with Gasteiger partial charge in [-0.05, 0) is 54.7 Å². The summed E-state index contributed by atoms with van der Waals surface area (Å²) in [5, 5.41) is 12.2. The van der Waals surface area contributed by atoms with Crippen LogP contribution in [0.25, 0.3) is 10.1 Å². The average Bonchev–Trinajstić information content (AvgIpc) is 3.49. The number of Topliss-reactive ketones (excluding diaryl/α,β-unsaturated/α-hetero) is 1. The summed E-state index contributed by atoms with van der Waals surface area (Å²) in [6.45, 7) is 0.719. The molecule has 2 aromatic carbocycles. The van der Waals surface area contributed by atoms with Crippen LogP contribution in [0.1, 0.15) is 73.0 Å². The summed E-state index contributed by atoms with van der Waals surface area (Å²) in [4.78, 5) is 66.9. The SMILES string of the molecule is O=C(NCc1ccccc1)C(=O)[C@H](C[C@@H]1CCCNC1=O)NC(=O)[C@H](CC1CCCCC1)NC(=O)c1cc2ccccc2s1. The first-order valence-corrected chi connectivity index (χ1v) is 16.4. The molecule has 1 aliphatic heterocycles. The maximum absolute atomic E-state index is 13.9. The van der Waals surface area contributed by atoms with Crippen LogP contribution in [0.3, 0.4) is 0 Å². The van der Waals surface area contributed by atoms with E-state index in [1.807, 2.05) is 60.7 Å². The lowest BCUT2D eigenvalue weighted by Gasteiger charge is -2.29. The summed E-state index contributed by atoms with van der Waals surface area (Å²) < 4.78 is 0.976. The number of hydrogen-bond acceptors (Lipinski definition) is 6. The van der Waals surface area contributed by atoms with Gasteiger partial charge in [-0.2, -0.15) is 0 Å². The van der Waals surface area contributed by atoms with E-state index in [1.165, 1.54) is 11.3 Å². The lowest BCUT2D eigenvalue weighted by atomic mass is 9.84. The first-order valence-electron chi connectivity index (χ1n) is 15.6. The number of rotatable bonds is 12. The number of thiophene rings is 1. The summed E-state index contributed by atoms with van der Waals surface area (Å²) in [5.74, 6) is -2.94. The van der Waals surface area contributed by atoms with Gasteiger partial charge in [0.25, 0.3) is 11.8 Å². The zero-order valence-electron chi connectivity index (χ0n) is 24.8. The first kappa shape index (κ1) is 31.4. The highest BCUT2D eigenvalue weighted by Gasteiger charge is 2.35. The lowest BCUT2D eigenvalue weighted by molar-refractivity contribution is -0.141. The van der Waals surface area contributed by atoms with Gasteiger partial charge in [-0.1, -0.05) is 80.6 Å². The van der Waals surface area contributed by atoms with Crippen molar-refractivity contribution in [3.8, 4) is 0 Å². The topological polar surface area (TPSA) is 133 Å². The number of carbonyl (C=O) groups excluding carboxylic acids is 5. The van der Waals surface area contributed by atoms with Crippen LogP contribution in [-0.2, 0) is 25.7 Å². The predicted molar refractivity (Wildman–Crippen MR) is 170 cm³/mol. The Balaban J connectivity index is 1.33. The monoisotopic (exact) mass is 616 g/mol. The number of benzene rings is 2. The molecule has 0 bridgehead atoms. The summed E-state index contributed by atoms with van der Waals surface area (Å²) in [6.07, 6.45) is 6.99. The molecule has 0 radical (unpaired) electrons. The maximum atomic E-state index is 13.9. The Labute approximate surface area is 261 Å². The fourth-order valence-electron chi connectivity index (χ4n) is 6.18. The highest BCUT2D eigenvalue weighted by atomic mass is 32.1. The van der Waals surface area contributed by atoms with Gasteiger partial charge in [-0.15, -0.1) is 11.3 Å². The molecule has 5 rings (SSSR count). The van der Waals surface area contributed by atoms with Crippen LogP contribution in [0.4, 0.5) is 0 Å². The van der Waals surface area contributed by atoms with E-state index in [9.17, 15) is 24.0 Å². The molecule has 2 fully saturated rings. The molecule has 1 saturated heterocycles. The Morgan fingerprint density at radius 1 is 0.841 bits per heavy atom. The quantitative estimate of drug-likeness (QED) is 0.226. The summed E-state index contributed by atoms with van der Waals surface area (Å²) in [5.41, 5.74) is 0.831. The van der Waals surface area contributed by atoms with Crippen molar-refractivity contribution in [2.75, 3.05) is 6.54 Å². The van der Waals surface area contributed by atoms with E-state index in [2.05, 4.69) is 21.3 Å². The number of hydrogen-bond donors (Lipinski definition) is 4. The molecule has 2 aliphatic rings. The van der Waals surface area contributed by atoms with Gasteiger partial charge in [0.05, 0.1) is 10.9 Å². The summed E-state index contributed by atoms with van der Waals surface area (Å²) >= 11 is 1.36. The second-order valence-electron chi connectivity index (χ2n) is 11.9. The fourth-order valence-corrected chi connectivity index (χ4v) is 7.15. The van der Waals surface area contributed by atoms with Crippen LogP contribution in [0.5, 0.6) is 0 Å². The zero-order valence-corrected chi connectivity index (χ0v) is 25.6. The Bertz CT molecular complexity index is 1450. The molecule has 4 amide bonds. The third-order valence-electron chi connectivity index (χ3n) is 8.64. The van der Waals surface area contributed by atoms with Gasteiger partial charge in [-0.3, -0.25) is 24.0 Å². The van der Waals surface area contributed by atoms with E-state index in [4.69, 9.17) is 0 Å². The molecule has 1 saturated carbocycles. The van der Waals surface area contributed by atoms with Crippen LogP contribution in [0.2, 0.25) is 0 Å². The number of nitrogens with one attached hydrogen (secondary N) is 4. The number of piperidine rings is 1. The van der Waals surface area contributed by atoms with Gasteiger partial charge in [0.1, 0.15) is 6.04 Å². The second-order valence-corrected chi connectivity index (χ2v) is 13.0. The van der Waals surface area contributed by atoms with E-state index in [0.29, 0.717) is 24.3 Å². The minimum absolute atomic E-state index is 0.00950. The highest BCUT2D eigenvalue weighted by molar-refractivity contribution is 7.20. The van der Waals surface area contributed by atoms with Crippen molar-refractivity contribution in [3.05, 3.63) is 71.1 Å². The van der Waals surface area contributed by atoms with Crippen LogP contribution in [0, 0.1) is 11.8 Å². The van der Waals surface area contributed by atoms with E-state index in [0.717, 1.165) is 54.2 Å². The van der Waals surface area contributed by atoms with Gasteiger partial charge in [-0.25, -0.2) is 0 Å². The van der Waals surface area contributed by atoms with Crippen LogP contribution in [0.15, 0.2) is 60.7 Å². The van der Waals surface area contributed by atoms with E-state index in [-0.39, 0.29) is 30.7 Å². The van der Waals surface area contributed by atoms with E-state index in [1.54, 1.807) is 0 Å². The van der Waals surface area contributed by atoms with Crippen molar-refractivity contribution in [2.24, 2.45) is 11.8 Å². The summed E-state index contributed by atoms with van der Waals surface area (Å²) in [6, 6.07) is 16.7. The molecule has 4 N–H and O–H groups in total. The normalized spacial score (nSPS) is 18.5.